The first-order chi connectivity index (χ1) is 15.5. The fourth-order valence-electron chi connectivity index (χ4n) is 6.76. The van der Waals surface area contributed by atoms with Gasteiger partial charge in [0.2, 0.25) is 0 Å². The Bertz CT molecular complexity index is 1030. The second kappa shape index (κ2) is 7.51. The van der Waals surface area contributed by atoms with Crippen molar-refractivity contribution in [3.63, 3.8) is 0 Å². The number of likely N-dealkylation sites (tertiary alicyclic amines) is 1. The molecule has 0 spiro atoms. The zero-order valence-corrected chi connectivity index (χ0v) is 18.9. The van der Waals surface area contributed by atoms with Crippen LogP contribution in [0.5, 0.6) is 0 Å². The lowest BCUT2D eigenvalue weighted by Gasteiger charge is -2.64. The van der Waals surface area contributed by atoms with Crippen molar-refractivity contribution >= 4 is 5.78 Å². The Morgan fingerprint density at radius 2 is 1.97 bits per heavy atom. The number of piperidine rings is 1. The zero-order chi connectivity index (χ0) is 21.9. The maximum Gasteiger partial charge on any atom is 0.162 e. The van der Waals surface area contributed by atoms with E-state index in [1.165, 1.54) is 29.5 Å². The van der Waals surface area contributed by atoms with Crippen molar-refractivity contribution in [2.24, 2.45) is 5.92 Å². The zero-order valence-electron chi connectivity index (χ0n) is 18.9. The number of benzene rings is 2. The summed E-state index contributed by atoms with van der Waals surface area (Å²) >= 11 is 0. The number of aryl methyl sites for hydroxylation is 1. The Labute approximate surface area is 190 Å². The normalized spacial score (nSPS) is 34.1. The van der Waals surface area contributed by atoms with Gasteiger partial charge in [-0.05, 0) is 61.8 Å². The summed E-state index contributed by atoms with van der Waals surface area (Å²) in [6.07, 6.45) is 4.57. The molecule has 3 aliphatic carbocycles. The Morgan fingerprint density at radius 3 is 2.75 bits per heavy atom. The van der Waals surface area contributed by atoms with Crippen LogP contribution in [0.1, 0.15) is 54.4 Å². The molecule has 6 rings (SSSR count). The van der Waals surface area contributed by atoms with E-state index in [4.69, 9.17) is 4.74 Å². The van der Waals surface area contributed by atoms with E-state index in [0.717, 1.165) is 37.4 Å². The van der Waals surface area contributed by atoms with Crippen LogP contribution in [0.4, 0.5) is 0 Å². The molecule has 1 N–H and O–H groups in total. The Kier molecular flexibility index (Phi) is 4.83. The maximum atomic E-state index is 13.4. The first kappa shape index (κ1) is 20.6. The van der Waals surface area contributed by atoms with Gasteiger partial charge in [0.15, 0.2) is 5.78 Å². The molecule has 2 aromatic carbocycles. The molecule has 1 unspecified atom stereocenters. The number of Topliss-reactive ketones (excluding diaryl/α,β-unsaturated/α-hetero) is 1. The molecule has 4 atom stereocenters. The number of nitrogens with zero attached hydrogens (tertiary/aromatic N) is 1. The smallest absolute Gasteiger partial charge is 0.162 e. The van der Waals surface area contributed by atoms with Gasteiger partial charge in [0.1, 0.15) is 6.10 Å². The molecule has 4 nitrogen and oxygen atoms in total. The van der Waals surface area contributed by atoms with Gasteiger partial charge in [0, 0.05) is 30.8 Å². The van der Waals surface area contributed by atoms with Gasteiger partial charge >= 0.3 is 0 Å². The molecule has 1 heterocycles. The van der Waals surface area contributed by atoms with Crippen LogP contribution in [0.3, 0.4) is 0 Å². The topological polar surface area (TPSA) is 49.8 Å². The number of hydrogen-bond donors (Lipinski definition) is 1. The monoisotopic (exact) mass is 431 g/mol. The Balaban J connectivity index is 1.36. The van der Waals surface area contributed by atoms with E-state index in [-0.39, 0.29) is 11.8 Å². The van der Waals surface area contributed by atoms with Crippen LogP contribution < -0.4 is 0 Å². The summed E-state index contributed by atoms with van der Waals surface area (Å²) in [4.78, 5) is 16.0. The van der Waals surface area contributed by atoms with Gasteiger partial charge in [-0.15, -0.1) is 0 Å². The molecule has 4 aliphatic rings. The number of carbonyl (C=O) groups excluding carboxylic acids is 1. The highest BCUT2D eigenvalue weighted by Crippen LogP contribution is 2.58. The molecule has 0 radical (unpaired) electrons. The van der Waals surface area contributed by atoms with Crippen LogP contribution in [0.15, 0.2) is 48.5 Å². The molecular weight excluding hydrogens is 398 g/mol. The maximum absolute atomic E-state index is 13.4. The Morgan fingerprint density at radius 1 is 1.16 bits per heavy atom. The third kappa shape index (κ3) is 3.19. The van der Waals surface area contributed by atoms with Crippen molar-refractivity contribution in [3.8, 4) is 0 Å². The minimum Gasteiger partial charge on any atom is -0.387 e. The number of aliphatic hydroxyl groups is 1. The molecule has 3 fully saturated rings. The van der Waals surface area contributed by atoms with E-state index >= 15 is 0 Å². The van der Waals surface area contributed by atoms with E-state index in [9.17, 15) is 9.90 Å². The molecule has 0 aromatic heterocycles. The van der Waals surface area contributed by atoms with Crippen molar-refractivity contribution in [1.29, 1.82) is 0 Å². The van der Waals surface area contributed by atoms with Gasteiger partial charge in [0.25, 0.3) is 0 Å². The standard InChI is InChI=1S/C28H33NO3/c1-19-7-10-22-14-26-28(31)16-25(32-18-21-5-3-2-4-6-21)24(30)15-27(28,23(22)13-19)11-12-29(26)17-20-8-9-20/h2-7,10,13,20,25-26,31H,8-9,11-12,14-18H2,1H3/t25?,26-,27-,28-/m1/s1. The number of ketones is 1. The quantitative estimate of drug-likeness (QED) is 0.779. The van der Waals surface area contributed by atoms with E-state index in [2.05, 4.69) is 30.0 Å². The third-order valence-electron chi connectivity index (χ3n) is 8.66. The lowest BCUT2D eigenvalue weighted by atomic mass is 9.49. The van der Waals surface area contributed by atoms with Gasteiger partial charge in [-0.25, -0.2) is 0 Å². The number of carbonyl (C=O) groups is 1. The van der Waals surface area contributed by atoms with Gasteiger partial charge < -0.3 is 9.84 Å². The minimum atomic E-state index is -0.934. The van der Waals surface area contributed by atoms with Crippen LogP contribution in [-0.2, 0) is 28.0 Å². The minimum absolute atomic E-state index is 0.0583. The second-order valence-corrected chi connectivity index (χ2v) is 10.7. The van der Waals surface area contributed by atoms with Crippen molar-refractivity contribution in [2.45, 2.75) is 75.2 Å². The molecule has 1 aliphatic heterocycles. The average molecular weight is 432 g/mol. The summed E-state index contributed by atoms with van der Waals surface area (Å²) in [7, 11) is 0. The number of fused-ring (bicyclic) bond motifs is 1. The van der Waals surface area contributed by atoms with Crippen LogP contribution in [0.2, 0.25) is 0 Å². The van der Waals surface area contributed by atoms with Crippen LogP contribution in [0, 0.1) is 12.8 Å². The second-order valence-electron chi connectivity index (χ2n) is 10.7. The first-order valence-electron chi connectivity index (χ1n) is 12.2. The lowest BCUT2D eigenvalue weighted by molar-refractivity contribution is -0.195. The highest BCUT2D eigenvalue weighted by atomic mass is 16.5. The molecule has 32 heavy (non-hydrogen) atoms. The number of rotatable bonds is 5. The van der Waals surface area contributed by atoms with Gasteiger partial charge in [-0.2, -0.15) is 0 Å². The molecule has 2 saturated carbocycles. The predicted octanol–water partition coefficient (Wildman–Crippen LogP) is 3.95. The molecule has 2 bridgehead atoms. The molecule has 0 amide bonds. The van der Waals surface area contributed by atoms with E-state index in [1.54, 1.807) is 0 Å². The fourth-order valence-corrected chi connectivity index (χ4v) is 6.76. The summed E-state index contributed by atoms with van der Waals surface area (Å²) in [5.41, 5.74) is 3.39. The van der Waals surface area contributed by atoms with E-state index in [0.29, 0.717) is 19.4 Å². The summed E-state index contributed by atoms with van der Waals surface area (Å²) in [5, 5.41) is 12.5. The molecule has 168 valence electrons. The lowest BCUT2D eigenvalue weighted by Crippen LogP contribution is -2.75. The Hall–Kier alpha value is -2.01. The van der Waals surface area contributed by atoms with Crippen LogP contribution in [0.25, 0.3) is 0 Å². The van der Waals surface area contributed by atoms with Crippen molar-refractivity contribution < 1.29 is 14.6 Å². The highest BCUT2D eigenvalue weighted by molar-refractivity contribution is 5.87. The van der Waals surface area contributed by atoms with Crippen molar-refractivity contribution in [2.75, 3.05) is 13.1 Å². The fraction of sp³-hybridized carbons (Fsp3) is 0.536. The van der Waals surface area contributed by atoms with Crippen LogP contribution >= 0.6 is 0 Å². The number of hydrogen-bond acceptors (Lipinski definition) is 4. The van der Waals surface area contributed by atoms with E-state index < -0.39 is 17.1 Å². The van der Waals surface area contributed by atoms with Crippen LogP contribution in [-0.4, -0.2) is 46.6 Å². The molecular formula is C28H33NO3. The summed E-state index contributed by atoms with van der Waals surface area (Å²) in [5.74, 6) is 0.926. The van der Waals surface area contributed by atoms with Gasteiger partial charge in [0.05, 0.1) is 12.2 Å². The summed E-state index contributed by atoms with van der Waals surface area (Å²) in [6, 6.07) is 16.7. The molecule has 1 saturated heterocycles. The predicted molar refractivity (Wildman–Crippen MR) is 123 cm³/mol. The first-order valence-corrected chi connectivity index (χ1v) is 12.2. The van der Waals surface area contributed by atoms with E-state index in [1.807, 2.05) is 30.3 Å². The molecule has 4 heteroatoms. The third-order valence-corrected chi connectivity index (χ3v) is 8.66. The summed E-state index contributed by atoms with van der Waals surface area (Å²) < 4.78 is 6.17. The highest BCUT2D eigenvalue weighted by Gasteiger charge is 2.66. The SMILES string of the molecule is Cc1ccc2c(c1)[C@]13CCN(CC4CC4)[C@H](C2)[C@]1(O)CC(OCc1ccccc1)C(=O)C3. The van der Waals surface area contributed by atoms with Crippen molar-refractivity contribution in [3.05, 3.63) is 70.8 Å². The van der Waals surface area contributed by atoms with Gasteiger partial charge in [-0.1, -0.05) is 54.1 Å². The average Bonchev–Trinajstić information content (AvgIpc) is 3.60. The van der Waals surface area contributed by atoms with Crippen molar-refractivity contribution in [1.82, 2.24) is 4.90 Å². The molecule has 2 aromatic rings. The largest absolute Gasteiger partial charge is 0.387 e. The van der Waals surface area contributed by atoms with Gasteiger partial charge in [-0.3, -0.25) is 9.69 Å². The summed E-state index contributed by atoms with van der Waals surface area (Å²) in [6.45, 7) is 4.57. The number of ether oxygens (including phenoxy) is 1.